The van der Waals surface area contributed by atoms with Crippen LogP contribution in [0.1, 0.15) is 31.2 Å². The van der Waals surface area contributed by atoms with Crippen LogP contribution < -0.4 is 5.32 Å². The Morgan fingerprint density at radius 3 is 2.85 bits per heavy atom. The lowest BCUT2D eigenvalue weighted by Crippen LogP contribution is -2.18. The van der Waals surface area contributed by atoms with Crippen molar-refractivity contribution in [3.63, 3.8) is 0 Å². The summed E-state index contributed by atoms with van der Waals surface area (Å²) in [6.45, 7) is 5.10. The van der Waals surface area contributed by atoms with E-state index in [4.69, 9.17) is 0 Å². The average Bonchev–Trinajstić information content (AvgIpc) is 2.92. The van der Waals surface area contributed by atoms with Gasteiger partial charge in [-0.05, 0) is 48.0 Å². The first-order valence-corrected chi connectivity index (χ1v) is 7.98. The van der Waals surface area contributed by atoms with Crippen molar-refractivity contribution in [2.45, 2.75) is 26.3 Å². The summed E-state index contributed by atoms with van der Waals surface area (Å²) >= 11 is 4.57. The molecular weight excluding hydrogens is 346 g/mol. The monoisotopic (exact) mass is 360 g/mol. The molecule has 1 aromatic heterocycles. The normalized spacial score (nSPS) is 12.7. The molecule has 0 aliphatic carbocycles. The Morgan fingerprint density at radius 1 is 1.40 bits per heavy atom. The summed E-state index contributed by atoms with van der Waals surface area (Å²) in [5.41, 5.74) is 0.572. The van der Waals surface area contributed by atoms with E-state index in [0.717, 1.165) is 23.9 Å². The van der Waals surface area contributed by atoms with Gasteiger partial charge in [0.1, 0.15) is 5.01 Å². The Balaban J connectivity index is 2.27. The second-order valence-electron chi connectivity index (χ2n) is 4.47. The van der Waals surface area contributed by atoms with Gasteiger partial charge in [0.05, 0.1) is 4.47 Å². The number of hydrogen-bond donors (Lipinski definition) is 1. The molecule has 1 heterocycles. The summed E-state index contributed by atoms with van der Waals surface area (Å²) in [6, 6.07) is 2.86. The van der Waals surface area contributed by atoms with Crippen LogP contribution in [-0.4, -0.2) is 11.5 Å². The van der Waals surface area contributed by atoms with Crippen LogP contribution in [0.25, 0.3) is 10.6 Å². The zero-order valence-electron chi connectivity index (χ0n) is 11.2. The highest BCUT2D eigenvalue weighted by molar-refractivity contribution is 9.10. The van der Waals surface area contributed by atoms with E-state index in [1.54, 1.807) is 6.20 Å². The molecule has 2 nitrogen and oxygen atoms in total. The molecule has 0 spiro atoms. The van der Waals surface area contributed by atoms with E-state index < -0.39 is 11.6 Å². The molecule has 0 saturated carbocycles. The summed E-state index contributed by atoms with van der Waals surface area (Å²) < 4.78 is 26.8. The van der Waals surface area contributed by atoms with Crippen molar-refractivity contribution in [2.75, 3.05) is 6.54 Å². The molecule has 2 rings (SSSR count). The molecule has 0 fully saturated rings. The van der Waals surface area contributed by atoms with E-state index in [-0.39, 0.29) is 10.5 Å². The van der Waals surface area contributed by atoms with Gasteiger partial charge in [-0.15, -0.1) is 11.3 Å². The second kappa shape index (κ2) is 6.74. The number of hydrogen-bond acceptors (Lipinski definition) is 3. The minimum absolute atomic E-state index is 0.118. The van der Waals surface area contributed by atoms with Crippen LogP contribution in [0.3, 0.4) is 0 Å². The molecule has 1 unspecified atom stereocenters. The first kappa shape index (κ1) is 15.5. The summed E-state index contributed by atoms with van der Waals surface area (Å²) in [5.74, 6) is -1.74. The number of aromatic nitrogens is 1. The Hall–Kier alpha value is -0.850. The average molecular weight is 361 g/mol. The maximum absolute atomic E-state index is 13.6. The number of nitrogens with one attached hydrogen (secondary N) is 1. The lowest BCUT2D eigenvalue weighted by Gasteiger charge is -2.09. The van der Waals surface area contributed by atoms with Crippen LogP contribution in [0.15, 0.2) is 22.8 Å². The molecule has 0 amide bonds. The van der Waals surface area contributed by atoms with E-state index >= 15 is 0 Å². The zero-order chi connectivity index (χ0) is 14.7. The Morgan fingerprint density at radius 2 is 2.15 bits per heavy atom. The second-order valence-corrected chi connectivity index (χ2v) is 6.32. The van der Waals surface area contributed by atoms with Crippen molar-refractivity contribution in [3.05, 3.63) is 39.3 Å². The van der Waals surface area contributed by atoms with E-state index in [0.29, 0.717) is 10.6 Å². The highest BCUT2D eigenvalue weighted by Crippen LogP contribution is 2.35. The van der Waals surface area contributed by atoms with Gasteiger partial charge in [0.2, 0.25) is 0 Å². The molecule has 0 aliphatic rings. The summed E-state index contributed by atoms with van der Waals surface area (Å²) in [4.78, 5) is 5.38. The molecule has 2 aromatic rings. The first-order valence-electron chi connectivity index (χ1n) is 6.37. The van der Waals surface area contributed by atoms with Crippen LogP contribution in [0.5, 0.6) is 0 Å². The predicted molar refractivity (Wildman–Crippen MR) is 81.9 cm³/mol. The Kier molecular flexibility index (Phi) is 5.23. The fourth-order valence-corrected chi connectivity index (χ4v) is 3.38. The van der Waals surface area contributed by atoms with Crippen molar-refractivity contribution in [2.24, 2.45) is 0 Å². The third kappa shape index (κ3) is 3.24. The van der Waals surface area contributed by atoms with Gasteiger partial charge in [0, 0.05) is 22.7 Å². The predicted octanol–water partition coefficient (Wildman–Crippen LogP) is 4.91. The number of thiazole rings is 1. The molecule has 0 bridgehead atoms. The lowest BCUT2D eigenvalue weighted by molar-refractivity contribution is 0.505. The molecular formula is C14H15BrF2N2S. The van der Waals surface area contributed by atoms with E-state index in [2.05, 4.69) is 40.1 Å². The lowest BCUT2D eigenvalue weighted by atomic mass is 10.2. The molecule has 108 valence electrons. The third-order valence-corrected chi connectivity index (χ3v) is 4.91. The van der Waals surface area contributed by atoms with Crippen LogP contribution in [0.2, 0.25) is 0 Å². The van der Waals surface area contributed by atoms with Crippen molar-refractivity contribution >= 4 is 27.3 Å². The van der Waals surface area contributed by atoms with Gasteiger partial charge in [0.25, 0.3) is 0 Å². The summed E-state index contributed by atoms with van der Waals surface area (Å²) in [6.07, 6.45) is 2.84. The highest BCUT2D eigenvalue weighted by Gasteiger charge is 2.16. The van der Waals surface area contributed by atoms with E-state index in [9.17, 15) is 8.78 Å². The molecule has 20 heavy (non-hydrogen) atoms. The summed E-state index contributed by atoms with van der Waals surface area (Å²) in [5, 5.41) is 4.05. The van der Waals surface area contributed by atoms with Gasteiger partial charge in [-0.25, -0.2) is 13.8 Å². The fourth-order valence-electron chi connectivity index (χ4n) is 1.76. The van der Waals surface area contributed by atoms with E-state index in [1.165, 1.54) is 17.4 Å². The minimum Gasteiger partial charge on any atom is -0.309 e. The van der Waals surface area contributed by atoms with Crippen LogP contribution in [-0.2, 0) is 0 Å². The molecule has 1 atom stereocenters. The van der Waals surface area contributed by atoms with Crippen LogP contribution in [0.4, 0.5) is 8.78 Å². The number of benzene rings is 1. The fraction of sp³-hybridized carbons (Fsp3) is 0.357. The molecule has 6 heteroatoms. The van der Waals surface area contributed by atoms with Gasteiger partial charge in [0.15, 0.2) is 11.6 Å². The van der Waals surface area contributed by atoms with Crippen molar-refractivity contribution < 1.29 is 8.78 Å². The van der Waals surface area contributed by atoms with Gasteiger partial charge in [-0.3, -0.25) is 0 Å². The maximum atomic E-state index is 13.6. The maximum Gasteiger partial charge on any atom is 0.173 e. The van der Waals surface area contributed by atoms with Crippen LogP contribution in [0, 0.1) is 11.6 Å². The first-order chi connectivity index (χ1) is 9.54. The number of nitrogens with zero attached hydrogens (tertiary/aromatic N) is 1. The van der Waals surface area contributed by atoms with Gasteiger partial charge >= 0.3 is 0 Å². The zero-order valence-corrected chi connectivity index (χ0v) is 13.6. The third-order valence-electron chi connectivity index (χ3n) is 2.92. The highest BCUT2D eigenvalue weighted by atomic mass is 79.9. The van der Waals surface area contributed by atoms with Crippen molar-refractivity contribution in [1.29, 1.82) is 0 Å². The molecule has 1 N–H and O–H groups in total. The van der Waals surface area contributed by atoms with Gasteiger partial charge < -0.3 is 5.32 Å². The molecule has 0 radical (unpaired) electrons. The van der Waals surface area contributed by atoms with E-state index in [1.807, 2.05) is 0 Å². The molecule has 0 saturated heterocycles. The molecule has 0 aliphatic heterocycles. The standard InChI is InChI=1S/C14H15BrF2N2S/c1-3-6-18-8(2)11-7-19-14(20-11)9-4-5-10(16)13(17)12(9)15/h4-5,7-8,18H,3,6H2,1-2H3. The Bertz CT molecular complexity index is 601. The Labute approximate surface area is 129 Å². The quantitative estimate of drug-likeness (QED) is 0.766. The van der Waals surface area contributed by atoms with Gasteiger partial charge in [-0.1, -0.05) is 6.92 Å². The molecule has 1 aromatic carbocycles. The van der Waals surface area contributed by atoms with Gasteiger partial charge in [-0.2, -0.15) is 0 Å². The van der Waals surface area contributed by atoms with Crippen molar-refractivity contribution in [3.8, 4) is 10.6 Å². The van der Waals surface area contributed by atoms with Crippen molar-refractivity contribution in [1.82, 2.24) is 10.3 Å². The minimum atomic E-state index is -0.878. The number of rotatable bonds is 5. The summed E-state index contributed by atoms with van der Waals surface area (Å²) in [7, 11) is 0. The topological polar surface area (TPSA) is 24.9 Å². The number of halogens is 3. The van der Waals surface area contributed by atoms with Crippen LogP contribution >= 0.6 is 27.3 Å². The largest absolute Gasteiger partial charge is 0.309 e. The smallest absolute Gasteiger partial charge is 0.173 e. The SMILES string of the molecule is CCCNC(C)c1cnc(-c2ccc(F)c(F)c2Br)s1.